The molecule has 0 aromatic heterocycles. The monoisotopic (exact) mass is 578 g/mol. The van der Waals surface area contributed by atoms with E-state index < -0.39 is 18.2 Å². The highest BCUT2D eigenvalue weighted by atomic mass is 16.6. The van der Waals surface area contributed by atoms with Gasteiger partial charge in [0.05, 0.1) is 6.10 Å². The molecule has 3 N–H and O–H groups in total. The first kappa shape index (κ1) is 32.9. The van der Waals surface area contributed by atoms with Crippen LogP contribution in [0.1, 0.15) is 47.5 Å². The molecule has 228 valence electrons. The number of rotatable bonds is 5. The van der Waals surface area contributed by atoms with Crippen molar-refractivity contribution >= 4 is 18.0 Å². The summed E-state index contributed by atoms with van der Waals surface area (Å²) < 4.78 is 17.2. The highest BCUT2D eigenvalue weighted by molar-refractivity contribution is 5.82. The van der Waals surface area contributed by atoms with Gasteiger partial charge in [0.15, 0.2) is 0 Å². The Labute approximate surface area is 250 Å². The van der Waals surface area contributed by atoms with Crippen LogP contribution in [0.5, 0.6) is 0 Å². The van der Waals surface area contributed by atoms with E-state index in [-0.39, 0.29) is 53.7 Å². The maximum atomic E-state index is 12.7. The zero-order valence-electron chi connectivity index (χ0n) is 25.6. The average molecular weight is 579 g/mol. The number of primary amides is 1. The largest absolute Gasteiger partial charge is 0.454 e. The van der Waals surface area contributed by atoms with E-state index in [1.165, 1.54) is 13.0 Å². The summed E-state index contributed by atoms with van der Waals surface area (Å²) in [6.07, 6.45) is 23.4. The Balaban J connectivity index is 1.97. The summed E-state index contributed by atoms with van der Waals surface area (Å²) in [6, 6.07) is -0.200. The SMILES string of the molecule is CO[C@H]1C[C@@H]2[C@@H](C=C[C@@H]3/C=C(C)/C=C/[C@@H](C)[C@H](/C(C)=C/[C@@H](C)NC(C)=O)OC(=O)/C=C/C=C\C=C\[C@H]23)[C@@H](OC(N)=O)C1. The van der Waals surface area contributed by atoms with Crippen LogP contribution in [0.2, 0.25) is 0 Å². The van der Waals surface area contributed by atoms with E-state index in [9.17, 15) is 14.4 Å². The zero-order valence-corrected chi connectivity index (χ0v) is 25.6. The molecule has 0 unspecified atom stereocenters. The molecule has 0 aromatic carbocycles. The Hall–Kier alpha value is -3.65. The Kier molecular flexibility index (Phi) is 12.2. The Morgan fingerprint density at radius 1 is 1.05 bits per heavy atom. The lowest BCUT2D eigenvalue weighted by molar-refractivity contribution is -0.142. The summed E-state index contributed by atoms with van der Waals surface area (Å²) in [5.41, 5.74) is 7.35. The summed E-state index contributed by atoms with van der Waals surface area (Å²) in [5, 5.41) is 2.85. The van der Waals surface area contributed by atoms with Crippen molar-refractivity contribution in [2.45, 2.75) is 71.8 Å². The minimum atomic E-state index is -0.768. The smallest absolute Gasteiger partial charge is 0.404 e. The van der Waals surface area contributed by atoms with Crippen molar-refractivity contribution in [3.8, 4) is 0 Å². The van der Waals surface area contributed by atoms with Gasteiger partial charge in [0.25, 0.3) is 0 Å². The highest BCUT2D eigenvalue weighted by Crippen LogP contribution is 2.46. The molecule has 8 nitrogen and oxygen atoms in total. The van der Waals surface area contributed by atoms with Crippen molar-refractivity contribution in [3.63, 3.8) is 0 Å². The predicted octanol–water partition coefficient (Wildman–Crippen LogP) is 5.50. The lowest BCUT2D eigenvalue weighted by atomic mass is 9.62. The van der Waals surface area contributed by atoms with Crippen molar-refractivity contribution in [3.05, 3.63) is 84.1 Å². The van der Waals surface area contributed by atoms with E-state index in [2.05, 4.69) is 48.7 Å². The molecular formula is C34H46N2O6. The van der Waals surface area contributed by atoms with Crippen LogP contribution in [0.15, 0.2) is 84.1 Å². The summed E-state index contributed by atoms with van der Waals surface area (Å²) in [6.45, 7) is 9.35. The molecular weight excluding hydrogens is 532 g/mol. The summed E-state index contributed by atoms with van der Waals surface area (Å²) in [7, 11) is 1.69. The molecule has 3 rings (SSSR count). The number of fused-ring (bicyclic) bond motifs is 3. The van der Waals surface area contributed by atoms with E-state index in [1.54, 1.807) is 19.3 Å². The van der Waals surface area contributed by atoms with Crippen molar-refractivity contribution in [1.82, 2.24) is 5.32 Å². The number of hydrogen-bond donors (Lipinski definition) is 2. The maximum absolute atomic E-state index is 12.7. The third-order valence-corrected chi connectivity index (χ3v) is 8.18. The molecule has 0 saturated heterocycles. The molecule has 1 saturated carbocycles. The van der Waals surface area contributed by atoms with Crippen LogP contribution in [-0.2, 0) is 23.8 Å². The molecule has 3 aliphatic rings. The lowest BCUT2D eigenvalue weighted by Crippen LogP contribution is -2.46. The normalized spacial score (nSPS) is 37.0. The average Bonchev–Trinajstić information content (AvgIpc) is 2.91. The molecule has 8 heteroatoms. The van der Waals surface area contributed by atoms with Gasteiger partial charge in [-0.3, -0.25) is 4.79 Å². The van der Waals surface area contributed by atoms with Crippen molar-refractivity contribution in [2.75, 3.05) is 7.11 Å². The number of methoxy groups -OCH3 is 1. The van der Waals surface area contributed by atoms with Gasteiger partial charge in [-0.05, 0) is 44.6 Å². The number of nitrogens with two attached hydrogens (primary N) is 1. The topological polar surface area (TPSA) is 117 Å². The van der Waals surface area contributed by atoms with Crippen LogP contribution in [0, 0.1) is 29.6 Å². The fourth-order valence-corrected chi connectivity index (χ4v) is 6.35. The molecule has 42 heavy (non-hydrogen) atoms. The molecule has 1 aliphatic heterocycles. The molecule has 9 atom stereocenters. The van der Waals surface area contributed by atoms with E-state index in [1.807, 2.05) is 39.0 Å². The van der Waals surface area contributed by atoms with Gasteiger partial charge in [0, 0.05) is 50.3 Å². The van der Waals surface area contributed by atoms with Gasteiger partial charge in [0.1, 0.15) is 12.2 Å². The van der Waals surface area contributed by atoms with Crippen LogP contribution in [0.3, 0.4) is 0 Å². The van der Waals surface area contributed by atoms with Crippen LogP contribution in [0.25, 0.3) is 0 Å². The Bertz CT molecular complexity index is 1190. The van der Waals surface area contributed by atoms with Gasteiger partial charge >= 0.3 is 12.1 Å². The summed E-state index contributed by atoms with van der Waals surface area (Å²) in [4.78, 5) is 35.9. The summed E-state index contributed by atoms with van der Waals surface area (Å²) in [5.74, 6) is -0.200. The number of allylic oxidation sites excluding steroid dienone is 9. The first-order valence-electron chi connectivity index (χ1n) is 14.7. The van der Waals surface area contributed by atoms with Gasteiger partial charge in [-0.1, -0.05) is 79.3 Å². The number of cyclic esters (lactones) is 1. The standard InChI is InChI=1S/C34H46N2O6/c1-21-13-14-22(2)33(23(3)18-24(4)36-25(5)37)42-32(38)12-10-8-7-9-11-28-26(17-21)15-16-29-30(28)19-27(40-6)20-31(29)41-34(35)39/h7-18,22,24,26-31,33H,19-20H2,1-6H3,(H2,35,39)(H,36,37)/b8-7-,11-9+,12-10+,14-13+,21-17+,23-18+/t22-,24-,26-,27+,28+,29-,30+,31+,33-/m1/s1. The lowest BCUT2D eigenvalue weighted by Gasteiger charge is -2.46. The quantitative estimate of drug-likeness (QED) is 0.329. The van der Waals surface area contributed by atoms with E-state index in [4.69, 9.17) is 19.9 Å². The van der Waals surface area contributed by atoms with Gasteiger partial charge in [-0.25, -0.2) is 9.59 Å². The van der Waals surface area contributed by atoms with Crippen LogP contribution in [0.4, 0.5) is 4.79 Å². The second-order valence-corrected chi connectivity index (χ2v) is 11.6. The van der Waals surface area contributed by atoms with Crippen molar-refractivity contribution < 1.29 is 28.6 Å². The fourth-order valence-electron chi connectivity index (χ4n) is 6.35. The molecule has 0 spiro atoms. The van der Waals surface area contributed by atoms with Crippen LogP contribution in [-0.4, -0.2) is 49.4 Å². The Morgan fingerprint density at radius 3 is 2.48 bits per heavy atom. The third-order valence-electron chi connectivity index (χ3n) is 8.18. The molecule has 0 radical (unpaired) electrons. The highest BCUT2D eigenvalue weighted by Gasteiger charge is 2.44. The second kappa shape index (κ2) is 15.5. The van der Waals surface area contributed by atoms with Gasteiger partial charge in [-0.15, -0.1) is 0 Å². The molecule has 2 aliphatic carbocycles. The molecule has 1 fully saturated rings. The molecule has 0 bridgehead atoms. The summed E-state index contributed by atoms with van der Waals surface area (Å²) >= 11 is 0. The second-order valence-electron chi connectivity index (χ2n) is 11.6. The Morgan fingerprint density at radius 2 is 1.79 bits per heavy atom. The van der Waals surface area contributed by atoms with Gasteiger partial charge in [-0.2, -0.15) is 0 Å². The number of hydrogen-bond acceptors (Lipinski definition) is 6. The van der Waals surface area contributed by atoms with E-state index in [0.717, 1.165) is 17.6 Å². The number of amides is 2. The number of nitrogens with one attached hydrogen (secondary N) is 1. The number of ether oxygens (including phenoxy) is 3. The molecule has 2 amide bonds. The number of carbonyl (C=O) groups is 3. The third kappa shape index (κ3) is 9.44. The van der Waals surface area contributed by atoms with E-state index in [0.29, 0.717) is 6.42 Å². The zero-order chi connectivity index (χ0) is 30.8. The van der Waals surface area contributed by atoms with E-state index >= 15 is 0 Å². The van der Waals surface area contributed by atoms with Crippen molar-refractivity contribution in [2.24, 2.45) is 35.3 Å². The fraction of sp³-hybridized carbons (Fsp3) is 0.500. The maximum Gasteiger partial charge on any atom is 0.404 e. The van der Waals surface area contributed by atoms with Gasteiger partial charge < -0.3 is 25.3 Å². The minimum Gasteiger partial charge on any atom is -0.454 e. The minimum absolute atomic E-state index is 0.0339. The van der Waals surface area contributed by atoms with Crippen molar-refractivity contribution in [1.29, 1.82) is 0 Å². The molecule has 1 heterocycles. The number of carbonyl (C=O) groups excluding carboxylic acids is 3. The number of esters is 1. The molecule has 0 aromatic rings. The first-order valence-corrected chi connectivity index (χ1v) is 14.7. The predicted molar refractivity (Wildman–Crippen MR) is 164 cm³/mol. The van der Waals surface area contributed by atoms with Gasteiger partial charge in [0.2, 0.25) is 5.91 Å². The first-order chi connectivity index (χ1) is 20.0. The van der Waals surface area contributed by atoms with Crippen LogP contribution < -0.4 is 11.1 Å². The van der Waals surface area contributed by atoms with Crippen LogP contribution >= 0.6 is 0 Å².